The fourth-order valence-corrected chi connectivity index (χ4v) is 1.58. The summed E-state index contributed by atoms with van der Waals surface area (Å²) in [7, 11) is 0. The van der Waals surface area contributed by atoms with E-state index in [4.69, 9.17) is 0 Å². The van der Waals surface area contributed by atoms with E-state index >= 15 is 0 Å². The van der Waals surface area contributed by atoms with Crippen LogP contribution in [0.15, 0.2) is 47.6 Å². The summed E-state index contributed by atoms with van der Waals surface area (Å²) in [4.78, 5) is 0. The van der Waals surface area contributed by atoms with Crippen molar-refractivity contribution in [2.45, 2.75) is 41.5 Å². The van der Waals surface area contributed by atoms with Crippen LogP contribution in [0.3, 0.4) is 0 Å². The van der Waals surface area contributed by atoms with Crippen LogP contribution in [0.5, 0.6) is 0 Å². The summed E-state index contributed by atoms with van der Waals surface area (Å²) in [5, 5.41) is 0. The molecule has 0 atom stereocenters. The van der Waals surface area contributed by atoms with Gasteiger partial charge in [-0.15, -0.1) is 0 Å². The van der Waals surface area contributed by atoms with Gasteiger partial charge >= 0.3 is 0 Å². The van der Waals surface area contributed by atoms with Crippen molar-refractivity contribution in [1.82, 2.24) is 0 Å². The maximum atomic E-state index is 2.33. The third-order valence-electron chi connectivity index (χ3n) is 2.82. The van der Waals surface area contributed by atoms with Crippen LogP contribution in [0, 0.1) is 10.8 Å². The maximum absolute atomic E-state index is 2.33. The molecule has 1 rings (SSSR count). The number of allylic oxidation sites excluding steroid dienone is 8. The zero-order valence-electron chi connectivity index (χ0n) is 11.5. The smallest absolute Gasteiger partial charge is 0.0132 e. The molecule has 0 N–H and O–H groups in total. The van der Waals surface area contributed by atoms with Crippen molar-refractivity contribution < 1.29 is 0 Å². The first-order valence-electron chi connectivity index (χ1n) is 5.99. The molecule has 0 fully saturated rings. The molecule has 0 aromatic rings. The van der Waals surface area contributed by atoms with E-state index in [0.29, 0.717) is 0 Å². The largest absolute Gasteiger partial charge is 0.0622 e. The first kappa shape index (κ1) is 13.0. The van der Waals surface area contributed by atoms with E-state index in [1.807, 2.05) is 0 Å². The molecule has 0 amide bonds. The molecule has 0 aliphatic heterocycles. The van der Waals surface area contributed by atoms with Crippen molar-refractivity contribution in [3.05, 3.63) is 47.6 Å². The Morgan fingerprint density at radius 3 is 1.75 bits per heavy atom. The summed E-state index contributed by atoms with van der Waals surface area (Å²) in [6.45, 7) is 13.6. The van der Waals surface area contributed by atoms with E-state index < -0.39 is 0 Å². The topological polar surface area (TPSA) is 0 Å². The zero-order valence-corrected chi connectivity index (χ0v) is 11.5. The van der Waals surface area contributed by atoms with Gasteiger partial charge in [0.25, 0.3) is 0 Å². The second-order valence-corrected chi connectivity index (χ2v) is 6.47. The Morgan fingerprint density at radius 1 is 0.688 bits per heavy atom. The number of hydrogen-bond acceptors (Lipinski definition) is 0. The molecule has 0 heteroatoms. The number of rotatable bonds is 0. The third kappa shape index (κ3) is 3.52. The first-order valence-corrected chi connectivity index (χ1v) is 5.99. The van der Waals surface area contributed by atoms with Gasteiger partial charge in [0.05, 0.1) is 0 Å². The van der Waals surface area contributed by atoms with Gasteiger partial charge in [-0.05, 0) is 22.0 Å². The molecule has 16 heavy (non-hydrogen) atoms. The molecule has 0 bridgehead atoms. The standard InChI is InChI=1S/C16H24/c1-15(2,3)13-10-8-7-9-11-14(12-13)16(4,5)6/h7-12H,1-6H3. The van der Waals surface area contributed by atoms with Crippen molar-refractivity contribution >= 4 is 0 Å². The van der Waals surface area contributed by atoms with Gasteiger partial charge in [-0.2, -0.15) is 0 Å². The highest BCUT2D eigenvalue weighted by Crippen LogP contribution is 2.33. The third-order valence-corrected chi connectivity index (χ3v) is 2.82. The SMILES string of the molecule is CC(C)(C)C1=CC=CC=CC(C(C)(C)C)=C1. The predicted octanol–water partition coefficient (Wildman–Crippen LogP) is 5.06. The Morgan fingerprint density at radius 2 is 1.25 bits per heavy atom. The molecule has 0 heterocycles. The minimum absolute atomic E-state index is 0.200. The summed E-state index contributed by atoms with van der Waals surface area (Å²) < 4.78 is 0. The highest BCUT2D eigenvalue weighted by molar-refractivity contribution is 5.41. The number of hydrogen-bond donors (Lipinski definition) is 0. The van der Waals surface area contributed by atoms with Crippen LogP contribution in [-0.4, -0.2) is 0 Å². The average Bonchev–Trinajstić information content (AvgIpc) is 1.96. The Balaban J connectivity index is 3.19. The maximum Gasteiger partial charge on any atom is -0.0132 e. The minimum atomic E-state index is 0.200. The van der Waals surface area contributed by atoms with Gasteiger partial charge < -0.3 is 0 Å². The van der Waals surface area contributed by atoms with Crippen molar-refractivity contribution in [3.8, 4) is 0 Å². The van der Waals surface area contributed by atoms with Crippen LogP contribution in [0.4, 0.5) is 0 Å². The monoisotopic (exact) mass is 216 g/mol. The fourth-order valence-electron chi connectivity index (χ4n) is 1.58. The summed E-state index contributed by atoms with van der Waals surface area (Å²) >= 11 is 0. The molecule has 1 aliphatic rings. The van der Waals surface area contributed by atoms with Crippen LogP contribution >= 0.6 is 0 Å². The predicted molar refractivity (Wildman–Crippen MR) is 73.4 cm³/mol. The van der Waals surface area contributed by atoms with Crippen molar-refractivity contribution in [2.75, 3.05) is 0 Å². The fraction of sp³-hybridized carbons (Fsp3) is 0.500. The summed E-state index contributed by atoms with van der Waals surface area (Å²) in [6, 6.07) is 0. The van der Waals surface area contributed by atoms with E-state index in [2.05, 4.69) is 78.0 Å². The van der Waals surface area contributed by atoms with Crippen molar-refractivity contribution in [1.29, 1.82) is 0 Å². The molecule has 88 valence electrons. The average molecular weight is 216 g/mol. The van der Waals surface area contributed by atoms with E-state index in [1.165, 1.54) is 11.1 Å². The second-order valence-electron chi connectivity index (χ2n) is 6.47. The molecule has 1 aliphatic carbocycles. The molecule has 0 nitrogen and oxygen atoms in total. The lowest BCUT2D eigenvalue weighted by atomic mass is 9.79. The Labute approximate surface area is 100 Å². The van der Waals surface area contributed by atoms with Crippen LogP contribution in [0.25, 0.3) is 0 Å². The molecular weight excluding hydrogens is 192 g/mol. The van der Waals surface area contributed by atoms with Crippen LogP contribution < -0.4 is 0 Å². The Kier molecular flexibility index (Phi) is 3.62. The van der Waals surface area contributed by atoms with Gasteiger partial charge in [-0.1, -0.05) is 78.0 Å². The van der Waals surface area contributed by atoms with Gasteiger partial charge in [-0.25, -0.2) is 0 Å². The highest BCUT2D eigenvalue weighted by Gasteiger charge is 2.19. The molecule has 0 aromatic carbocycles. The van der Waals surface area contributed by atoms with Crippen molar-refractivity contribution in [2.24, 2.45) is 10.8 Å². The van der Waals surface area contributed by atoms with Crippen molar-refractivity contribution in [3.63, 3.8) is 0 Å². The van der Waals surface area contributed by atoms with Gasteiger partial charge in [0.2, 0.25) is 0 Å². The van der Waals surface area contributed by atoms with E-state index in [-0.39, 0.29) is 10.8 Å². The summed E-state index contributed by atoms with van der Waals surface area (Å²) in [5.74, 6) is 0. The Hall–Kier alpha value is -1.04. The summed E-state index contributed by atoms with van der Waals surface area (Å²) in [5.41, 5.74) is 3.17. The van der Waals surface area contributed by atoms with Gasteiger partial charge in [0.1, 0.15) is 0 Å². The van der Waals surface area contributed by atoms with Gasteiger partial charge in [0, 0.05) is 0 Å². The quantitative estimate of drug-likeness (QED) is 0.531. The first-order chi connectivity index (χ1) is 7.21. The lowest BCUT2D eigenvalue weighted by Crippen LogP contribution is -2.13. The van der Waals surface area contributed by atoms with Gasteiger partial charge in [-0.3, -0.25) is 0 Å². The van der Waals surface area contributed by atoms with E-state index in [0.717, 1.165) is 0 Å². The molecular formula is C16H24. The van der Waals surface area contributed by atoms with Crippen LogP contribution in [0.1, 0.15) is 41.5 Å². The molecule has 0 saturated heterocycles. The van der Waals surface area contributed by atoms with Crippen LogP contribution in [-0.2, 0) is 0 Å². The normalized spacial score (nSPS) is 17.6. The van der Waals surface area contributed by atoms with Crippen LogP contribution in [0.2, 0.25) is 0 Å². The summed E-state index contributed by atoms with van der Waals surface area (Å²) in [6.07, 6.45) is 13.1. The minimum Gasteiger partial charge on any atom is -0.0622 e. The Bertz CT molecular complexity index is 345. The molecule has 0 spiro atoms. The van der Waals surface area contributed by atoms with E-state index in [1.54, 1.807) is 0 Å². The zero-order chi connectivity index (χ0) is 12.4. The lowest BCUT2D eigenvalue weighted by molar-refractivity contribution is 0.498. The highest BCUT2D eigenvalue weighted by atomic mass is 14.2. The molecule has 0 saturated carbocycles. The molecule has 0 aromatic heterocycles. The van der Waals surface area contributed by atoms with Gasteiger partial charge in [0.15, 0.2) is 0 Å². The molecule has 0 unspecified atom stereocenters. The second kappa shape index (κ2) is 4.45. The lowest BCUT2D eigenvalue weighted by Gasteiger charge is -2.26. The van der Waals surface area contributed by atoms with E-state index in [9.17, 15) is 0 Å². The molecule has 0 radical (unpaired) electrons.